The lowest BCUT2D eigenvalue weighted by atomic mass is 10.1. The lowest BCUT2D eigenvalue weighted by Gasteiger charge is -1.98. The summed E-state index contributed by atoms with van der Waals surface area (Å²) in [5, 5.41) is 0. The van der Waals surface area contributed by atoms with E-state index in [1.807, 2.05) is 36.5 Å². The van der Waals surface area contributed by atoms with E-state index in [4.69, 9.17) is 0 Å². The first-order valence-corrected chi connectivity index (χ1v) is 10.9. The molecular formula is C26H40O2. The molecule has 0 aromatic rings. The number of carbonyl (C=O) groups excluding carboxylic acids is 1. The number of hydrogen-bond donors (Lipinski definition) is 0. The second-order valence-corrected chi connectivity index (χ2v) is 6.82. The van der Waals surface area contributed by atoms with Crippen molar-refractivity contribution < 1.29 is 9.53 Å². The normalized spacial score (nSPS) is 14.1. The van der Waals surface area contributed by atoms with E-state index in [0.717, 1.165) is 0 Å². The molecule has 1 saturated carbocycles. The molecule has 1 fully saturated rings. The molecule has 28 heavy (non-hydrogen) atoms. The van der Waals surface area contributed by atoms with Gasteiger partial charge in [-0.25, -0.2) is 4.79 Å². The first kappa shape index (κ1) is 25.9. The number of allylic oxidation sites excluding steroid dienone is 11. The summed E-state index contributed by atoms with van der Waals surface area (Å²) >= 11 is 0. The average Bonchev–Trinajstić information content (AvgIpc) is 3.59. The van der Waals surface area contributed by atoms with E-state index < -0.39 is 0 Å². The maximum Gasteiger partial charge on any atom is 0.330 e. The Morgan fingerprint density at radius 1 is 0.679 bits per heavy atom. The Balaban J connectivity index is 0.00000219. The van der Waals surface area contributed by atoms with Crippen LogP contribution in [-0.4, -0.2) is 13.1 Å². The second kappa shape index (κ2) is 23.0. The molecule has 1 aliphatic carbocycles. The van der Waals surface area contributed by atoms with E-state index in [0.29, 0.717) is 0 Å². The summed E-state index contributed by atoms with van der Waals surface area (Å²) in [5.41, 5.74) is 0. The molecule has 0 spiro atoms. The monoisotopic (exact) mass is 384 g/mol. The van der Waals surface area contributed by atoms with Crippen LogP contribution in [0.3, 0.4) is 0 Å². The van der Waals surface area contributed by atoms with Crippen molar-refractivity contribution in [2.45, 2.75) is 77.6 Å². The smallest absolute Gasteiger partial charge is 0.330 e. The van der Waals surface area contributed by atoms with E-state index in [1.165, 1.54) is 83.8 Å². The Labute approximate surface area is 173 Å². The highest BCUT2D eigenvalue weighted by atomic mass is 16.5. The van der Waals surface area contributed by atoms with Gasteiger partial charge in [0.05, 0.1) is 7.11 Å². The van der Waals surface area contributed by atoms with Gasteiger partial charge in [-0.1, -0.05) is 132 Å². The first-order chi connectivity index (χ1) is 13.8. The minimum absolute atomic E-state index is 0.348. The molecule has 0 amide bonds. The van der Waals surface area contributed by atoms with Gasteiger partial charge in [-0.15, -0.1) is 0 Å². The van der Waals surface area contributed by atoms with Crippen LogP contribution in [0.25, 0.3) is 0 Å². The van der Waals surface area contributed by atoms with Crippen LogP contribution in [0.15, 0.2) is 72.9 Å². The summed E-state index contributed by atoms with van der Waals surface area (Å²) in [7, 11) is 1.36. The van der Waals surface area contributed by atoms with Crippen LogP contribution < -0.4 is 0 Å². The van der Waals surface area contributed by atoms with Crippen molar-refractivity contribution in [2.24, 2.45) is 0 Å². The van der Waals surface area contributed by atoms with Crippen molar-refractivity contribution >= 4 is 5.97 Å². The Kier molecular flexibility index (Phi) is 21.2. The van der Waals surface area contributed by atoms with Crippen molar-refractivity contribution in [1.29, 1.82) is 0 Å². The van der Waals surface area contributed by atoms with Gasteiger partial charge in [0.1, 0.15) is 0 Å². The van der Waals surface area contributed by atoms with E-state index >= 15 is 0 Å². The molecule has 0 radical (unpaired) electrons. The number of esters is 1. The lowest BCUT2D eigenvalue weighted by molar-refractivity contribution is -0.134. The molecule has 0 bridgehead atoms. The minimum Gasteiger partial charge on any atom is -0.466 e. The van der Waals surface area contributed by atoms with Crippen LogP contribution in [0.4, 0.5) is 0 Å². The fourth-order valence-corrected chi connectivity index (χ4v) is 2.11. The van der Waals surface area contributed by atoms with E-state index in [1.54, 1.807) is 12.2 Å². The van der Waals surface area contributed by atoms with E-state index in [2.05, 4.69) is 29.9 Å². The lowest BCUT2D eigenvalue weighted by Crippen LogP contribution is -1.92. The van der Waals surface area contributed by atoms with Crippen LogP contribution in [0, 0.1) is 0 Å². The highest BCUT2D eigenvalue weighted by Gasteiger charge is 1.95. The zero-order valence-corrected chi connectivity index (χ0v) is 18.0. The van der Waals surface area contributed by atoms with Crippen molar-refractivity contribution in [3.63, 3.8) is 0 Å². The number of carbonyl (C=O) groups is 1. The summed E-state index contributed by atoms with van der Waals surface area (Å²) in [6, 6.07) is 0. The zero-order valence-electron chi connectivity index (χ0n) is 18.0. The standard InChI is InChI=1S/C23H34O2.C3H6/c1-3-4-5-6-7-8-9-10-11-12-13-14-15-16-17-18-19-20-21-22-23(24)25-2;1-2-3-1/h11-22H,3-10H2,1-2H3;1-3H2. The minimum atomic E-state index is -0.348. The summed E-state index contributed by atoms with van der Waals surface area (Å²) in [6.07, 6.45) is 38.1. The van der Waals surface area contributed by atoms with Crippen molar-refractivity contribution in [3.05, 3.63) is 72.9 Å². The molecular weight excluding hydrogens is 344 g/mol. The van der Waals surface area contributed by atoms with Gasteiger partial charge >= 0.3 is 5.97 Å². The molecule has 0 saturated heterocycles. The molecule has 156 valence electrons. The molecule has 2 nitrogen and oxygen atoms in total. The fraction of sp³-hybridized carbons (Fsp3) is 0.500. The van der Waals surface area contributed by atoms with E-state index in [-0.39, 0.29) is 5.97 Å². The molecule has 1 aliphatic rings. The number of hydrogen-bond acceptors (Lipinski definition) is 2. The van der Waals surface area contributed by atoms with Crippen LogP contribution in [0.5, 0.6) is 0 Å². The molecule has 1 rings (SSSR count). The topological polar surface area (TPSA) is 26.3 Å². The molecule has 0 heterocycles. The highest BCUT2D eigenvalue weighted by molar-refractivity contribution is 5.82. The third-order valence-electron chi connectivity index (χ3n) is 3.90. The second-order valence-electron chi connectivity index (χ2n) is 6.82. The third kappa shape index (κ3) is 26.1. The maximum atomic E-state index is 10.8. The number of methoxy groups -OCH3 is 1. The molecule has 0 aromatic heterocycles. The van der Waals surface area contributed by atoms with Gasteiger partial charge in [-0.3, -0.25) is 0 Å². The fourth-order valence-electron chi connectivity index (χ4n) is 2.11. The van der Waals surface area contributed by atoms with Gasteiger partial charge in [-0.05, 0) is 12.8 Å². The summed E-state index contributed by atoms with van der Waals surface area (Å²) in [4.78, 5) is 10.8. The highest BCUT2D eigenvalue weighted by Crippen LogP contribution is 2.14. The Morgan fingerprint density at radius 2 is 1.14 bits per heavy atom. The molecule has 0 aromatic carbocycles. The van der Waals surface area contributed by atoms with Gasteiger partial charge in [0.2, 0.25) is 0 Å². The van der Waals surface area contributed by atoms with Gasteiger partial charge < -0.3 is 4.74 Å². The summed E-state index contributed by atoms with van der Waals surface area (Å²) < 4.78 is 4.49. The van der Waals surface area contributed by atoms with Crippen molar-refractivity contribution in [2.75, 3.05) is 7.11 Å². The third-order valence-corrected chi connectivity index (χ3v) is 3.90. The van der Waals surface area contributed by atoms with Gasteiger partial charge in [-0.2, -0.15) is 0 Å². The number of ether oxygens (including phenoxy) is 1. The van der Waals surface area contributed by atoms with Crippen LogP contribution in [-0.2, 0) is 9.53 Å². The van der Waals surface area contributed by atoms with Gasteiger partial charge in [0.15, 0.2) is 0 Å². The quantitative estimate of drug-likeness (QED) is 0.132. The van der Waals surface area contributed by atoms with Crippen molar-refractivity contribution in [3.8, 4) is 0 Å². The Hall–Kier alpha value is -2.09. The van der Waals surface area contributed by atoms with Gasteiger partial charge in [0, 0.05) is 6.08 Å². The van der Waals surface area contributed by atoms with Crippen LogP contribution >= 0.6 is 0 Å². The maximum absolute atomic E-state index is 10.8. The summed E-state index contributed by atoms with van der Waals surface area (Å²) in [6.45, 7) is 2.26. The predicted molar refractivity (Wildman–Crippen MR) is 123 cm³/mol. The first-order valence-electron chi connectivity index (χ1n) is 10.9. The van der Waals surface area contributed by atoms with Crippen molar-refractivity contribution in [1.82, 2.24) is 0 Å². The molecule has 0 aliphatic heterocycles. The zero-order chi connectivity index (χ0) is 20.5. The number of unbranched alkanes of at least 4 members (excludes halogenated alkanes) is 7. The average molecular weight is 385 g/mol. The van der Waals surface area contributed by atoms with Crippen LogP contribution in [0.1, 0.15) is 77.6 Å². The van der Waals surface area contributed by atoms with Gasteiger partial charge in [0.25, 0.3) is 0 Å². The Morgan fingerprint density at radius 3 is 1.64 bits per heavy atom. The SMILES string of the molecule is C1CC1.CCCCCCCCCC=CC=CC=CC=CC=CC=CC(=O)OC. The molecule has 0 unspecified atom stereocenters. The predicted octanol–water partition coefficient (Wildman–Crippen LogP) is 7.81. The Bertz CT molecular complexity index is 514. The molecule has 0 atom stereocenters. The molecule has 0 N–H and O–H groups in total. The van der Waals surface area contributed by atoms with Crippen LogP contribution in [0.2, 0.25) is 0 Å². The molecule has 2 heteroatoms. The largest absolute Gasteiger partial charge is 0.466 e. The summed E-state index contributed by atoms with van der Waals surface area (Å²) in [5.74, 6) is -0.348. The van der Waals surface area contributed by atoms with E-state index in [9.17, 15) is 4.79 Å². The number of rotatable bonds is 14.